The van der Waals surface area contributed by atoms with Crippen LogP contribution in [0.3, 0.4) is 0 Å². The van der Waals surface area contributed by atoms with Gasteiger partial charge >= 0.3 is 5.97 Å². The topological polar surface area (TPSA) is 38.8 Å². The zero-order chi connectivity index (χ0) is 18.3. The Hall–Kier alpha value is -0.830. The van der Waals surface area contributed by atoms with Gasteiger partial charge in [0.15, 0.2) is 0 Å². The van der Waals surface area contributed by atoms with Crippen LogP contribution in [-0.2, 0) is 14.3 Å². The molecular weight excluding hydrogens is 312 g/mol. The standard InChI is InChI=1S/C22H40O3/c1-4-5-6-7-8-9-10-11-12-13-14-15-16-17-18-20-22(24-20)25-21(23)19(2)3/h20,22H,2,4-18H2,1,3H3. The quantitative estimate of drug-likeness (QED) is 0.126. The van der Waals surface area contributed by atoms with E-state index in [0.717, 1.165) is 6.42 Å². The summed E-state index contributed by atoms with van der Waals surface area (Å²) >= 11 is 0. The third-order valence-electron chi connectivity index (χ3n) is 4.95. The van der Waals surface area contributed by atoms with Crippen LogP contribution in [-0.4, -0.2) is 18.4 Å². The van der Waals surface area contributed by atoms with Gasteiger partial charge in [0.1, 0.15) is 6.10 Å². The molecule has 0 aliphatic carbocycles. The summed E-state index contributed by atoms with van der Waals surface area (Å²) in [6, 6.07) is 0. The van der Waals surface area contributed by atoms with Crippen molar-refractivity contribution in [3.63, 3.8) is 0 Å². The first-order valence-electron chi connectivity index (χ1n) is 10.7. The predicted molar refractivity (Wildman–Crippen MR) is 104 cm³/mol. The lowest BCUT2D eigenvalue weighted by Gasteiger charge is -2.03. The summed E-state index contributed by atoms with van der Waals surface area (Å²) in [5, 5.41) is 0. The Balaban J connectivity index is 1.74. The Labute approximate surface area is 155 Å². The monoisotopic (exact) mass is 352 g/mol. The van der Waals surface area contributed by atoms with Crippen LogP contribution >= 0.6 is 0 Å². The molecule has 0 spiro atoms. The minimum atomic E-state index is -0.339. The van der Waals surface area contributed by atoms with E-state index in [2.05, 4.69) is 13.5 Å². The highest BCUT2D eigenvalue weighted by Crippen LogP contribution is 2.29. The van der Waals surface area contributed by atoms with E-state index in [1.54, 1.807) is 6.92 Å². The van der Waals surface area contributed by atoms with Crippen molar-refractivity contribution in [2.45, 2.75) is 123 Å². The summed E-state index contributed by atoms with van der Waals surface area (Å²) in [7, 11) is 0. The van der Waals surface area contributed by atoms with Gasteiger partial charge in [-0.2, -0.15) is 0 Å². The van der Waals surface area contributed by atoms with Crippen molar-refractivity contribution in [3.05, 3.63) is 12.2 Å². The third kappa shape index (κ3) is 12.2. The van der Waals surface area contributed by atoms with E-state index in [0.29, 0.717) is 5.57 Å². The third-order valence-corrected chi connectivity index (χ3v) is 4.95. The molecule has 0 radical (unpaired) electrons. The number of carbonyl (C=O) groups is 1. The Morgan fingerprint density at radius 3 is 1.72 bits per heavy atom. The zero-order valence-corrected chi connectivity index (χ0v) is 16.7. The normalized spacial score (nSPS) is 19.0. The first-order valence-corrected chi connectivity index (χ1v) is 10.7. The van der Waals surface area contributed by atoms with Gasteiger partial charge in [-0.25, -0.2) is 4.79 Å². The molecule has 3 heteroatoms. The van der Waals surface area contributed by atoms with Crippen LogP contribution in [0.15, 0.2) is 12.2 Å². The molecule has 0 amide bonds. The predicted octanol–water partition coefficient (Wildman–Crippen LogP) is 6.70. The van der Waals surface area contributed by atoms with E-state index in [1.807, 2.05) is 0 Å². The number of ether oxygens (including phenoxy) is 2. The molecule has 25 heavy (non-hydrogen) atoms. The molecule has 0 aromatic rings. The lowest BCUT2D eigenvalue weighted by molar-refractivity contribution is -0.143. The fourth-order valence-corrected chi connectivity index (χ4v) is 3.18. The van der Waals surface area contributed by atoms with Gasteiger partial charge in [-0.05, 0) is 13.3 Å². The van der Waals surface area contributed by atoms with E-state index in [1.165, 1.54) is 89.9 Å². The molecule has 3 nitrogen and oxygen atoms in total. The molecule has 0 aromatic heterocycles. The van der Waals surface area contributed by atoms with Crippen molar-refractivity contribution in [2.24, 2.45) is 0 Å². The maximum absolute atomic E-state index is 11.3. The first-order chi connectivity index (χ1) is 12.1. The van der Waals surface area contributed by atoms with Gasteiger partial charge in [0.2, 0.25) is 6.29 Å². The molecule has 146 valence electrons. The highest BCUT2D eigenvalue weighted by Gasteiger charge is 2.41. The molecule has 1 heterocycles. The Morgan fingerprint density at radius 2 is 1.28 bits per heavy atom. The average Bonchev–Trinajstić information content (AvgIpc) is 3.32. The molecule has 2 unspecified atom stereocenters. The summed E-state index contributed by atoms with van der Waals surface area (Å²) in [5.74, 6) is -0.339. The van der Waals surface area contributed by atoms with Crippen LogP contribution in [0.4, 0.5) is 0 Å². The summed E-state index contributed by atoms with van der Waals surface area (Å²) in [5.41, 5.74) is 0.436. The van der Waals surface area contributed by atoms with Crippen LogP contribution < -0.4 is 0 Å². The molecule has 0 N–H and O–H groups in total. The van der Waals surface area contributed by atoms with Crippen LogP contribution in [0.25, 0.3) is 0 Å². The first kappa shape index (κ1) is 22.2. The van der Waals surface area contributed by atoms with Crippen molar-refractivity contribution >= 4 is 5.97 Å². The van der Waals surface area contributed by atoms with Crippen LogP contribution in [0, 0.1) is 0 Å². The van der Waals surface area contributed by atoms with Gasteiger partial charge in [0.05, 0.1) is 0 Å². The largest absolute Gasteiger partial charge is 0.429 e. The summed E-state index contributed by atoms with van der Waals surface area (Å²) in [6.45, 7) is 7.51. The number of carbonyl (C=O) groups excluding carboxylic acids is 1. The Bertz CT molecular complexity index is 364. The second kappa shape index (κ2) is 14.4. The summed E-state index contributed by atoms with van der Waals surface area (Å²) in [4.78, 5) is 11.3. The van der Waals surface area contributed by atoms with Crippen LogP contribution in [0.1, 0.15) is 110 Å². The summed E-state index contributed by atoms with van der Waals surface area (Å²) in [6.07, 6.45) is 20.0. The molecule has 1 saturated heterocycles. The SMILES string of the molecule is C=C(C)C(=O)OC1OC1CCCCCCCCCCCCCCCC. The molecule has 1 fully saturated rings. The second-order valence-electron chi connectivity index (χ2n) is 7.61. The summed E-state index contributed by atoms with van der Waals surface area (Å²) < 4.78 is 10.5. The Morgan fingerprint density at radius 1 is 0.840 bits per heavy atom. The number of unbranched alkanes of at least 4 members (excludes halogenated alkanes) is 13. The molecule has 1 rings (SSSR count). The average molecular weight is 353 g/mol. The molecule has 0 aromatic carbocycles. The second-order valence-corrected chi connectivity index (χ2v) is 7.61. The van der Waals surface area contributed by atoms with Crippen molar-refractivity contribution in [1.29, 1.82) is 0 Å². The number of hydrogen-bond donors (Lipinski definition) is 0. The maximum atomic E-state index is 11.3. The van der Waals surface area contributed by atoms with Gasteiger partial charge in [-0.3, -0.25) is 0 Å². The van der Waals surface area contributed by atoms with Crippen molar-refractivity contribution in [3.8, 4) is 0 Å². The van der Waals surface area contributed by atoms with Crippen LogP contribution in [0.2, 0.25) is 0 Å². The van der Waals surface area contributed by atoms with E-state index < -0.39 is 0 Å². The van der Waals surface area contributed by atoms with E-state index in [4.69, 9.17) is 9.47 Å². The van der Waals surface area contributed by atoms with Crippen molar-refractivity contribution in [1.82, 2.24) is 0 Å². The minimum absolute atomic E-state index is 0.126. The zero-order valence-electron chi connectivity index (χ0n) is 16.7. The Kier molecular flexibility index (Phi) is 12.8. The van der Waals surface area contributed by atoms with Gasteiger partial charge in [-0.15, -0.1) is 0 Å². The minimum Gasteiger partial charge on any atom is -0.429 e. The number of epoxide rings is 1. The molecule has 1 aliphatic heterocycles. The lowest BCUT2D eigenvalue weighted by Crippen LogP contribution is -2.09. The molecule has 0 bridgehead atoms. The van der Waals surface area contributed by atoms with Crippen LogP contribution in [0.5, 0.6) is 0 Å². The highest BCUT2D eigenvalue weighted by atomic mass is 16.8. The van der Waals surface area contributed by atoms with Crippen molar-refractivity contribution in [2.75, 3.05) is 0 Å². The van der Waals surface area contributed by atoms with Gasteiger partial charge in [0, 0.05) is 5.57 Å². The molecule has 0 saturated carbocycles. The number of rotatable bonds is 17. The van der Waals surface area contributed by atoms with Gasteiger partial charge in [0.25, 0.3) is 0 Å². The van der Waals surface area contributed by atoms with Crippen molar-refractivity contribution < 1.29 is 14.3 Å². The maximum Gasteiger partial charge on any atom is 0.335 e. The molecular formula is C22H40O3. The smallest absolute Gasteiger partial charge is 0.335 e. The highest BCUT2D eigenvalue weighted by molar-refractivity contribution is 5.87. The van der Waals surface area contributed by atoms with Gasteiger partial charge in [-0.1, -0.05) is 103 Å². The molecule has 1 aliphatic rings. The molecule has 2 atom stereocenters. The van der Waals surface area contributed by atoms with E-state index in [9.17, 15) is 4.79 Å². The lowest BCUT2D eigenvalue weighted by atomic mass is 10.0. The fraction of sp³-hybridized carbons (Fsp3) is 0.864. The van der Waals surface area contributed by atoms with E-state index >= 15 is 0 Å². The number of hydrogen-bond acceptors (Lipinski definition) is 3. The van der Waals surface area contributed by atoms with Gasteiger partial charge < -0.3 is 9.47 Å². The fourth-order valence-electron chi connectivity index (χ4n) is 3.18. The van der Waals surface area contributed by atoms with E-state index in [-0.39, 0.29) is 18.4 Å². The number of esters is 1.